The van der Waals surface area contributed by atoms with E-state index in [4.69, 9.17) is 9.72 Å². The fourth-order valence-electron chi connectivity index (χ4n) is 2.90. The second-order valence-electron chi connectivity index (χ2n) is 5.37. The van der Waals surface area contributed by atoms with E-state index in [0.717, 1.165) is 37.4 Å². The van der Waals surface area contributed by atoms with E-state index in [1.165, 1.54) is 11.1 Å². The minimum Gasteiger partial charge on any atom is -0.383 e. The molecule has 0 spiro atoms. The Morgan fingerprint density at radius 3 is 3.10 bits per heavy atom. The largest absolute Gasteiger partial charge is 0.383 e. The first kappa shape index (κ1) is 14.2. The van der Waals surface area contributed by atoms with Crippen LogP contribution < -0.4 is 5.32 Å². The van der Waals surface area contributed by atoms with Gasteiger partial charge in [-0.25, -0.2) is 9.97 Å². The van der Waals surface area contributed by atoms with Crippen molar-refractivity contribution in [1.82, 2.24) is 15.3 Å². The van der Waals surface area contributed by atoms with Crippen molar-refractivity contribution in [3.05, 3.63) is 59.2 Å². The summed E-state index contributed by atoms with van der Waals surface area (Å²) < 4.78 is 5.03. The van der Waals surface area contributed by atoms with Crippen LogP contribution in [0.25, 0.3) is 0 Å². The highest BCUT2D eigenvalue weighted by Gasteiger charge is 2.25. The Hall–Kier alpha value is -1.78. The molecule has 0 aliphatic heterocycles. The van der Waals surface area contributed by atoms with Crippen molar-refractivity contribution in [2.45, 2.75) is 25.3 Å². The first-order valence-corrected chi connectivity index (χ1v) is 7.48. The first-order valence-electron chi connectivity index (χ1n) is 7.48. The maximum Gasteiger partial charge on any atom is 0.136 e. The first-order chi connectivity index (χ1) is 10.4. The summed E-state index contributed by atoms with van der Waals surface area (Å²) in [5.41, 5.74) is 3.87. The van der Waals surface area contributed by atoms with Gasteiger partial charge in [-0.1, -0.05) is 24.3 Å². The average Bonchev–Trinajstić information content (AvgIpc) is 2.96. The van der Waals surface area contributed by atoms with E-state index in [1.54, 1.807) is 7.11 Å². The molecule has 0 bridgehead atoms. The van der Waals surface area contributed by atoms with E-state index < -0.39 is 0 Å². The Labute approximate surface area is 125 Å². The van der Waals surface area contributed by atoms with Gasteiger partial charge >= 0.3 is 0 Å². The molecule has 0 saturated carbocycles. The predicted octanol–water partition coefficient (Wildman–Crippen LogP) is 2.29. The predicted molar refractivity (Wildman–Crippen MR) is 82.2 cm³/mol. The van der Waals surface area contributed by atoms with Crippen molar-refractivity contribution in [2.75, 3.05) is 20.3 Å². The van der Waals surface area contributed by atoms with Crippen LogP contribution in [0.1, 0.15) is 35.0 Å². The summed E-state index contributed by atoms with van der Waals surface area (Å²) >= 11 is 0. The van der Waals surface area contributed by atoms with Crippen LogP contribution in [-0.2, 0) is 17.7 Å². The summed E-state index contributed by atoms with van der Waals surface area (Å²) in [5, 5.41) is 3.32. The molecular weight excluding hydrogens is 262 g/mol. The Balaban J connectivity index is 1.72. The van der Waals surface area contributed by atoms with E-state index in [-0.39, 0.29) is 0 Å². The average molecular weight is 283 g/mol. The molecule has 1 N–H and O–H groups in total. The molecule has 0 amide bonds. The molecule has 1 aliphatic rings. The number of aryl methyl sites for hydroxylation is 1. The van der Waals surface area contributed by atoms with Gasteiger partial charge in [-0.2, -0.15) is 0 Å². The summed E-state index contributed by atoms with van der Waals surface area (Å²) in [5.74, 6) is 1.30. The summed E-state index contributed by atoms with van der Waals surface area (Å²) in [4.78, 5) is 9.24. The monoisotopic (exact) mass is 283 g/mol. The lowest BCUT2D eigenvalue weighted by Crippen LogP contribution is -2.19. The van der Waals surface area contributed by atoms with Gasteiger partial charge in [-0.3, -0.25) is 0 Å². The van der Waals surface area contributed by atoms with Crippen molar-refractivity contribution in [3.63, 3.8) is 0 Å². The van der Waals surface area contributed by atoms with Crippen LogP contribution in [-0.4, -0.2) is 30.2 Å². The van der Waals surface area contributed by atoms with Crippen LogP contribution in [0, 0.1) is 0 Å². The van der Waals surface area contributed by atoms with Crippen molar-refractivity contribution >= 4 is 0 Å². The number of rotatable bonds is 6. The minimum absolute atomic E-state index is 0.347. The number of fused-ring (bicyclic) bond motifs is 1. The number of nitrogens with zero attached hydrogens (tertiary/aromatic N) is 2. The molecule has 0 fully saturated rings. The molecule has 2 aromatic rings. The van der Waals surface area contributed by atoms with Gasteiger partial charge in [0.05, 0.1) is 12.3 Å². The molecule has 1 aromatic carbocycles. The molecule has 1 aliphatic carbocycles. The van der Waals surface area contributed by atoms with Gasteiger partial charge in [0.2, 0.25) is 0 Å². The molecule has 4 heteroatoms. The van der Waals surface area contributed by atoms with Gasteiger partial charge in [0.1, 0.15) is 5.82 Å². The lowest BCUT2D eigenvalue weighted by Gasteiger charge is -2.11. The smallest absolute Gasteiger partial charge is 0.136 e. The summed E-state index contributed by atoms with van der Waals surface area (Å²) in [6.07, 6.45) is 4.11. The highest BCUT2D eigenvalue weighted by molar-refractivity contribution is 5.38. The molecule has 1 aromatic heterocycles. The fraction of sp³-hybridized carbons (Fsp3) is 0.412. The van der Waals surface area contributed by atoms with E-state index in [0.29, 0.717) is 12.5 Å². The van der Waals surface area contributed by atoms with E-state index in [9.17, 15) is 0 Å². The fourth-order valence-corrected chi connectivity index (χ4v) is 2.90. The third-order valence-electron chi connectivity index (χ3n) is 3.97. The molecule has 0 saturated heterocycles. The standard InChI is InChI=1S/C17H21N3O/c1-21-11-10-18-12-14-8-9-19-17(20-14)16-7-6-13-4-2-3-5-15(13)16/h2-5,8-9,16,18H,6-7,10-12H2,1H3. The zero-order valence-corrected chi connectivity index (χ0v) is 12.4. The molecule has 1 atom stereocenters. The van der Waals surface area contributed by atoms with Crippen molar-refractivity contribution < 1.29 is 4.74 Å². The SMILES string of the molecule is COCCNCc1ccnc(C2CCc3ccccc32)n1. The second kappa shape index (κ2) is 6.78. The van der Waals surface area contributed by atoms with Crippen LogP contribution >= 0.6 is 0 Å². The molecule has 21 heavy (non-hydrogen) atoms. The minimum atomic E-state index is 0.347. The van der Waals surface area contributed by atoms with E-state index in [2.05, 4.69) is 34.6 Å². The van der Waals surface area contributed by atoms with Gasteiger partial charge in [0.15, 0.2) is 0 Å². The quantitative estimate of drug-likeness (QED) is 0.826. The van der Waals surface area contributed by atoms with Crippen LogP contribution in [0.3, 0.4) is 0 Å². The highest BCUT2D eigenvalue weighted by atomic mass is 16.5. The maximum absolute atomic E-state index is 5.03. The second-order valence-corrected chi connectivity index (χ2v) is 5.37. The Kier molecular flexibility index (Phi) is 4.58. The number of aromatic nitrogens is 2. The van der Waals surface area contributed by atoms with Crippen molar-refractivity contribution in [2.24, 2.45) is 0 Å². The number of nitrogens with one attached hydrogen (secondary N) is 1. The van der Waals surface area contributed by atoms with Crippen LogP contribution in [0.5, 0.6) is 0 Å². The summed E-state index contributed by atoms with van der Waals surface area (Å²) in [6, 6.07) is 10.6. The summed E-state index contributed by atoms with van der Waals surface area (Å²) in [7, 11) is 1.71. The lowest BCUT2D eigenvalue weighted by atomic mass is 10.0. The van der Waals surface area contributed by atoms with E-state index in [1.807, 2.05) is 12.3 Å². The highest BCUT2D eigenvalue weighted by Crippen LogP contribution is 2.36. The molecular formula is C17H21N3O. The molecule has 1 unspecified atom stereocenters. The van der Waals surface area contributed by atoms with Crippen LogP contribution in [0.15, 0.2) is 36.5 Å². The Morgan fingerprint density at radius 1 is 1.29 bits per heavy atom. The number of hydrogen-bond donors (Lipinski definition) is 1. The van der Waals surface area contributed by atoms with Gasteiger partial charge in [0.25, 0.3) is 0 Å². The number of benzene rings is 1. The number of methoxy groups -OCH3 is 1. The normalized spacial score (nSPS) is 16.9. The van der Waals surface area contributed by atoms with Crippen molar-refractivity contribution in [1.29, 1.82) is 0 Å². The number of hydrogen-bond acceptors (Lipinski definition) is 4. The molecule has 3 rings (SSSR count). The third-order valence-corrected chi connectivity index (χ3v) is 3.97. The zero-order chi connectivity index (χ0) is 14.5. The van der Waals surface area contributed by atoms with Gasteiger partial charge in [0, 0.05) is 32.3 Å². The molecule has 1 heterocycles. The summed E-state index contributed by atoms with van der Waals surface area (Å²) in [6.45, 7) is 2.31. The lowest BCUT2D eigenvalue weighted by molar-refractivity contribution is 0.199. The number of ether oxygens (including phenoxy) is 1. The van der Waals surface area contributed by atoms with Crippen molar-refractivity contribution in [3.8, 4) is 0 Å². The molecule has 110 valence electrons. The molecule has 0 radical (unpaired) electrons. The van der Waals surface area contributed by atoms with E-state index >= 15 is 0 Å². The van der Waals surface area contributed by atoms with Gasteiger partial charge < -0.3 is 10.1 Å². The Bertz CT molecular complexity index is 600. The Morgan fingerprint density at radius 2 is 2.19 bits per heavy atom. The van der Waals surface area contributed by atoms with Gasteiger partial charge in [-0.05, 0) is 30.0 Å². The zero-order valence-electron chi connectivity index (χ0n) is 12.4. The van der Waals surface area contributed by atoms with Gasteiger partial charge in [-0.15, -0.1) is 0 Å². The molecule has 4 nitrogen and oxygen atoms in total. The third kappa shape index (κ3) is 3.28. The maximum atomic E-state index is 5.03. The topological polar surface area (TPSA) is 47.0 Å². The van der Waals surface area contributed by atoms with Crippen LogP contribution in [0.4, 0.5) is 0 Å². The van der Waals surface area contributed by atoms with Crippen LogP contribution in [0.2, 0.25) is 0 Å².